The molecular formula is C25H29ClF2N6O2. The summed E-state index contributed by atoms with van der Waals surface area (Å²) in [6.07, 6.45) is 4.38. The van der Waals surface area contributed by atoms with E-state index in [1.54, 1.807) is 35.4 Å². The van der Waals surface area contributed by atoms with Crippen molar-refractivity contribution in [1.82, 2.24) is 24.4 Å². The fourth-order valence-corrected chi connectivity index (χ4v) is 4.70. The summed E-state index contributed by atoms with van der Waals surface area (Å²) >= 11 is 0. The molecule has 2 aliphatic rings. The lowest BCUT2D eigenvalue weighted by atomic mass is 10.1. The molecule has 11 heteroatoms. The minimum absolute atomic E-state index is 0. The number of amides is 1. The zero-order valence-corrected chi connectivity index (χ0v) is 20.8. The number of likely N-dealkylation sites (tertiary alicyclic amines) is 1. The number of aryl methyl sites for hydroxylation is 1. The van der Waals surface area contributed by atoms with E-state index in [-0.39, 0.29) is 36.0 Å². The van der Waals surface area contributed by atoms with Gasteiger partial charge in [0, 0.05) is 43.6 Å². The number of piperidine rings is 1. The average Bonchev–Trinajstić information content (AvgIpc) is 3.27. The third kappa shape index (κ3) is 5.49. The van der Waals surface area contributed by atoms with Gasteiger partial charge in [-0.25, -0.2) is 23.7 Å². The Kier molecular flexibility index (Phi) is 8.15. The summed E-state index contributed by atoms with van der Waals surface area (Å²) in [4.78, 5) is 27.3. The van der Waals surface area contributed by atoms with Crippen LogP contribution in [0.1, 0.15) is 47.9 Å². The molecule has 2 saturated heterocycles. The topological polar surface area (TPSA) is 85.2 Å². The highest BCUT2D eigenvalue weighted by atomic mass is 35.5. The summed E-state index contributed by atoms with van der Waals surface area (Å²) in [5.74, 6) is 0.403. The van der Waals surface area contributed by atoms with Gasteiger partial charge in [-0.05, 0) is 56.9 Å². The molecule has 1 amide bonds. The number of ether oxygens (including phenoxy) is 1. The Hall–Kier alpha value is -3.11. The van der Waals surface area contributed by atoms with Crippen LogP contribution in [0.5, 0.6) is 0 Å². The van der Waals surface area contributed by atoms with Crippen LogP contribution in [0.15, 0.2) is 36.7 Å². The fraction of sp³-hybridized carbons (Fsp3) is 0.440. The highest BCUT2D eigenvalue weighted by Crippen LogP contribution is 2.31. The van der Waals surface area contributed by atoms with Crippen LogP contribution in [0.3, 0.4) is 0 Å². The van der Waals surface area contributed by atoms with E-state index in [4.69, 9.17) is 4.74 Å². The number of hydrogen-bond donors (Lipinski definition) is 1. The molecule has 0 unspecified atom stereocenters. The molecule has 5 rings (SSSR count). The summed E-state index contributed by atoms with van der Waals surface area (Å²) in [6, 6.07) is 7.09. The molecule has 0 bridgehead atoms. The summed E-state index contributed by atoms with van der Waals surface area (Å²) in [6.45, 7) is 4.08. The van der Waals surface area contributed by atoms with E-state index in [9.17, 15) is 13.6 Å². The lowest BCUT2D eigenvalue weighted by Gasteiger charge is -2.28. The van der Waals surface area contributed by atoms with Crippen molar-refractivity contribution in [2.24, 2.45) is 0 Å². The van der Waals surface area contributed by atoms with Gasteiger partial charge in [0.1, 0.15) is 17.7 Å². The molecule has 1 N–H and O–H groups in total. The van der Waals surface area contributed by atoms with Gasteiger partial charge in [-0.3, -0.25) is 4.79 Å². The molecule has 2 aliphatic heterocycles. The summed E-state index contributed by atoms with van der Waals surface area (Å²) < 4.78 is 35.7. The van der Waals surface area contributed by atoms with E-state index in [1.807, 2.05) is 11.5 Å². The molecule has 0 aliphatic carbocycles. The number of imidazole rings is 1. The molecule has 8 nitrogen and oxygen atoms in total. The van der Waals surface area contributed by atoms with Crippen molar-refractivity contribution in [3.63, 3.8) is 0 Å². The second-order valence-corrected chi connectivity index (χ2v) is 8.96. The normalized spacial score (nSPS) is 17.0. The minimum atomic E-state index is -0.828. The molecule has 192 valence electrons. The Morgan fingerprint density at radius 3 is 2.44 bits per heavy atom. The summed E-state index contributed by atoms with van der Waals surface area (Å²) in [5, 5.41) is 3.09. The number of aromatic nitrogens is 4. The van der Waals surface area contributed by atoms with Crippen LogP contribution >= 0.6 is 12.4 Å². The highest BCUT2D eigenvalue weighted by Gasteiger charge is 2.25. The van der Waals surface area contributed by atoms with Gasteiger partial charge >= 0.3 is 0 Å². The Morgan fingerprint density at radius 1 is 1.06 bits per heavy atom. The predicted octanol–water partition coefficient (Wildman–Crippen LogP) is 4.88. The van der Waals surface area contributed by atoms with Gasteiger partial charge in [-0.15, -0.1) is 12.4 Å². The van der Waals surface area contributed by atoms with Gasteiger partial charge in [0.05, 0.1) is 18.1 Å². The average molecular weight is 519 g/mol. The van der Waals surface area contributed by atoms with Crippen molar-refractivity contribution < 1.29 is 18.3 Å². The maximum atomic E-state index is 14.8. The van der Waals surface area contributed by atoms with E-state index < -0.39 is 12.0 Å². The van der Waals surface area contributed by atoms with Crippen LogP contribution in [-0.2, 0) is 4.74 Å². The number of anilines is 2. The van der Waals surface area contributed by atoms with E-state index in [2.05, 4.69) is 20.3 Å². The standard InChI is InChI=1S/C25H28F2N6O2.ClH/c1-16-28-15-22(33(16)20-8-12-35-13-9-20)23-21(27)14-29-25(31-23)30-19-4-2-17(3-5-19)24(34)32-10-6-18(26)7-11-32;/h2-5,14-15,18,20H,6-13H2,1H3,(H,29,30,31);1H. The molecule has 36 heavy (non-hydrogen) atoms. The number of carbonyl (C=O) groups is 1. The number of alkyl halides is 1. The third-order valence-electron chi connectivity index (χ3n) is 6.62. The number of halogens is 3. The number of nitrogens with one attached hydrogen (secondary N) is 1. The van der Waals surface area contributed by atoms with Crippen molar-refractivity contribution in [1.29, 1.82) is 0 Å². The number of benzene rings is 1. The zero-order valence-electron chi connectivity index (χ0n) is 20.0. The molecule has 4 heterocycles. The Morgan fingerprint density at radius 2 is 1.75 bits per heavy atom. The Bertz CT molecular complexity index is 1190. The van der Waals surface area contributed by atoms with Gasteiger partial charge in [0.2, 0.25) is 5.95 Å². The van der Waals surface area contributed by atoms with Crippen LogP contribution in [0.25, 0.3) is 11.4 Å². The number of carbonyl (C=O) groups excluding carboxylic acids is 1. The first kappa shape index (κ1) is 26.0. The zero-order chi connectivity index (χ0) is 24.4. The van der Waals surface area contributed by atoms with Crippen LogP contribution in [-0.4, -0.2) is 62.8 Å². The Labute approximate surface area is 214 Å². The third-order valence-corrected chi connectivity index (χ3v) is 6.62. The summed E-state index contributed by atoms with van der Waals surface area (Å²) in [5.41, 5.74) is 1.98. The molecular weight excluding hydrogens is 490 g/mol. The number of hydrogen-bond acceptors (Lipinski definition) is 6. The lowest BCUT2D eigenvalue weighted by molar-refractivity contribution is 0.0666. The number of rotatable bonds is 5. The number of nitrogens with zero attached hydrogens (tertiary/aromatic N) is 5. The van der Waals surface area contributed by atoms with Crippen molar-refractivity contribution in [2.75, 3.05) is 31.6 Å². The van der Waals surface area contributed by atoms with Crippen LogP contribution in [0.2, 0.25) is 0 Å². The van der Waals surface area contributed by atoms with Gasteiger partial charge in [0.25, 0.3) is 5.91 Å². The first-order valence-corrected chi connectivity index (χ1v) is 11.9. The molecule has 0 radical (unpaired) electrons. The largest absolute Gasteiger partial charge is 0.381 e. The molecule has 2 aromatic heterocycles. The quantitative estimate of drug-likeness (QED) is 0.518. The molecule has 3 aromatic rings. The second kappa shape index (κ2) is 11.3. The van der Waals surface area contributed by atoms with Crippen molar-refractivity contribution >= 4 is 29.9 Å². The SMILES string of the molecule is Cc1ncc(-c2nc(Nc3ccc(C(=O)N4CCC(F)CC4)cc3)ncc2F)n1C1CCOCC1.Cl. The van der Waals surface area contributed by atoms with E-state index in [0.717, 1.165) is 24.9 Å². The minimum Gasteiger partial charge on any atom is -0.381 e. The maximum absolute atomic E-state index is 14.8. The van der Waals surface area contributed by atoms with Crippen molar-refractivity contribution in [3.05, 3.63) is 53.9 Å². The first-order valence-electron chi connectivity index (χ1n) is 11.9. The van der Waals surface area contributed by atoms with Gasteiger partial charge in [0.15, 0.2) is 5.82 Å². The summed E-state index contributed by atoms with van der Waals surface area (Å²) in [7, 11) is 0. The lowest BCUT2D eigenvalue weighted by Crippen LogP contribution is -2.39. The van der Waals surface area contributed by atoms with E-state index >= 15 is 0 Å². The van der Waals surface area contributed by atoms with Crippen LogP contribution < -0.4 is 5.32 Å². The Balaban J connectivity index is 0.00000304. The molecule has 2 fully saturated rings. The smallest absolute Gasteiger partial charge is 0.253 e. The predicted molar refractivity (Wildman–Crippen MR) is 134 cm³/mol. The molecule has 1 aromatic carbocycles. The van der Waals surface area contributed by atoms with Gasteiger partial charge < -0.3 is 19.5 Å². The van der Waals surface area contributed by atoms with Gasteiger partial charge in [-0.2, -0.15) is 0 Å². The fourth-order valence-electron chi connectivity index (χ4n) is 4.70. The maximum Gasteiger partial charge on any atom is 0.253 e. The van der Waals surface area contributed by atoms with Crippen LogP contribution in [0.4, 0.5) is 20.4 Å². The second-order valence-electron chi connectivity index (χ2n) is 8.96. The first-order chi connectivity index (χ1) is 17.0. The van der Waals surface area contributed by atoms with Crippen LogP contribution in [0, 0.1) is 12.7 Å². The molecule has 0 atom stereocenters. The molecule has 0 saturated carbocycles. The van der Waals surface area contributed by atoms with Crippen molar-refractivity contribution in [3.8, 4) is 11.4 Å². The monoisotopic (exact) mass is 518 g/mol. The van der Waals surface area contributed by atoms with E-state index in [1.165, 1.54) is 0 Å². The molecule has 0 spiro atoms. The van der Waals surface area contributed by atoms with Gasteiger partial charge in [-0.1, -0.05) is 0 Å². The highest BCUT2D eigenvalue weighted by molar-refractivity contribution is 5.94. The van der Waals surface area contributed by atoms with E-state index in [0.29, 0.717) is 56.1 Å². The van der Waals surface area contributed by atoms with Crippen molar-refractivity contribution in [2.45, 2.75) is 44.8 Å².